The molecule has 0 unspecified atom stereocenters. The molecule has 0 aromatic carbocycles. The van der Waals surface area contributed by atoms with Gasteiger partial charge in [-0.25, -0.2) is 4.68 Å². The average molecular weight is 168 g/mol. The van der Waals surface area contributed by atoms with Crippen LogP contribution >= 0.6 is 0 Å². The highest BCUT2D eigenvalue weighted by Crippen LogP contribution is 1.94. The first kappa shape index (κ1) is 8.45. The van der Waals surface area contributed by atoms with Gasteiger partial charge in [0, 0.05) is 18.8 Å². The Kier molecular flexibility index (Phi) is 2.57. The van der Waals surface area contributed by atoms with Crippen LogP contribution in [0.1, 0.15) is 17.6 Å². The van der Waals surface area contributed by atoms with Gasteiger partial charge < -0.3 is 5.11 Å². The fourth-order valence-electron chi connectivity index (χ4n) is 0.745. The molecule has 0 radical (unpaired) electrons. The van der Waals surface area contributed by atoms with Crippen molar-refractivity contribution in [1.29, 1.82) is 0 Å². The number of hydrogen-bond donors (Lipinski definition) is 1. The number of carbonyl (C=O) groups excluding carboxylic acids is 1. The molecule has 1 N–H and O–H groups in total. The van der Waals surface area contributed by atoms with Crippen LogP contribution in [0.25, 0.3) is 0 Å². The number of carboxylic acid groups (broad SMARTS) is 1. The standard InChI is InChI=1S/C7H8N2O3/c10-6(2-3-7(11)12)9-5-1-4-8-9/h1,4-5H,2-3H2,(H,11,12). The van der Waals surface area contributed by atoms with Crippen molar-refractivity contribution in [1.82, 2.24) is 9.78 Å². The lowest BCUT2D eigenvalue weighted by atomic mass is 10.3. The van der Waals surface area contributed by atoms with Crippen LogP contribution in [0.3, 0.4) is 0 Å². The summed E-state index contributed by atoms with van der Waals surface area (Å²) in [5.74, 6) is -1.28. The van der Waals surface area contributed by atoms with E-state index in [1.807, 2.05) is 0 Å². The average Bonchev–Trinajstić information content (AvgIpc) is 2.51. The van der Waals surface area contributed by atoms with E-state index < -0.39 is 5.97 Å². The van der Waals surface area contributed by atoms with Gasteiger partial charge in [0.05, 0.1) is 6.42 Å². The molecule has 0 aliphatic heterocycles. The predicted octanol–water partition coefficient (Wildman–Crippen LogP) is 0.388. The number of nitrogens with zero attached hydrogens (tertiary/aromatic N) is 2. The lowest BCUT2D eigenvalue weighted by molar-refractivity contribution is -0.136. The van der Waals surface area contributed by atoms with E-state index in [0.717, 1.165) is 4.68 Å². The Hall–Kier alpha value is -1.65. The van der Waals surface area contributed by atoms with Gasteiger partial charge in [-0.2, -0.15) is 5.10 Å². The van der Waals surface area contributed by atoms with Crippen LogP contribution in [-0.4, -0.2) is 26.8 Å². The molecule has 5 nitrogen and oxygen atoms in total. The van der Waals surface area contributed by atoms with Crippen molar-refractivity contribution in [2.24, 2.45) is 0 Å². The van der Waals surface area contributed by atoms with Crippen LogP contribution in [0.15, 0.2) is 18.5 Å². The number of carbonyl (C=O) groups is 2. The lowest BCUT2D eigenvalue weighted by Gasteiger charge is -1.96. The number of hydrogen-bond acceptors (Lipinski definition) is 3. The first-order valence-electron chi connectivity index (χ1n) is 3.45. The first-order valence-corrected chi connectivity index (χ1v) is 3.45. The molecule has 5 heteroatoms. The Bertz CT molecular complexity index is 279. The van der Waals surface area contributed by atoms with Gasteiger partial charge in [0.2, 0.25) is 5.91 Å². The van der Waals surface area contributed by atoms with Crippen molar-refractivity contribution < 1.29 is 14.7 Å². The van der Waals surface area contributed by atoms with E-state index in [2.05, 4.69) is 5.10 Å². The molecule has 0 bridgehead atoms. The highest BCUT2D eigenvalue weighted by Gasteiger charge is 2.06. The molecular formula is C7H8N2O3. The zero-order valence-corrected chi connectivity index (χ0v) is 6.30. The molecule has 0 aliphatic carbocycles. The van der Waals surface area contributed by atoms with Crippen molar-refractivity contribution in [3.8, 4) is 0 Å². The minimum absolute atomic E-state index is 0.0169. The number of aliphatic carboxylic acids is 1. The van der Waals surface area contributed by atoms with Gasteiger partial charge in [-0.1, -0.05) is 0 Å². The highest BCUT2D eigenvalue weighted by atomic mass is 16.4. The predicted molar refractivity (Wildman–Crippen MR) is 39.7 cm³/mol. The van der Waals surface area contributed by atoms with E-state index >= 15 is 0 Å². The van der Waals surface area contributed by atoms with Gasteiger partial charge in [-0.05, 0) is 6.07 Å². The van der Waals surface area contributed by atoms with Crippen LogP contribution in [0.5, 0.6) is 0 Å². The maximum atomic E-state index is 11.0. The van der Waals surface area contributed by atoms with Gasteiger partial charge in [0.15, 0.2) is 0 Å². The summed E-state index contributed by atoms with van der Waals surface area (Å²) in [6.07, 6.45) is 2.79. The quantitative estimate of drug-likeness (QED) is 0.708. The van der Waals surface area contributed by atoms with Crippen LogP contribution in [0, 0.1) is 0 Å². The smallest absolute Gasteiger partial charge is 0.303 e. The monoisotopic (exact) mass is 168 g/mol. The third-order valence-electron chi connectivity index (χ3n) is 1.31. The number of aromatic nitrogens is 2. The molecule has 1 aromatic heterocycles. The van der Waals surface area contributed by atoms with Crippen molar-refractivity contribution in [3.05, 3.63) is 18.5 Å². The Morgan fingerprint density at radius 1 is 1.42 bits per heavy atom. The van der Waals surface area contributed by atoms with Gasteiger partial charge in [-0.3, -0.25) is 9.59 Å². The zero-order valence-electron chi connectivity index (χ0n) is 6.30. The summed E-state index contributed by atoms with van der Waals surface area (Å²) >= 11 is 0. The fraction of sp³-hybridized carbons (Fsp3) is 0.286. The Morgan fingerprint density at radius 3 is 2.67 bits per heavy atom. The number of carboxylic acids is 1. The van der Waals surface area contributed by atoms with Crippen LogP contribution < -0.4 is 0 Å². The minimum atomic E-state index is -0.976. The maximum Gasteiger partial charge on any atom is 0.303 e. The summed E-state index contributed by atoms with van der Waals surface area (Å²) in [5, 5.41) is 11.9. The molecule has 1 rings (SSSR count). The summed E-state index contributed by atoms with van der Waals surface area (Å²) in [6, 6.07) is 1.61. The third kappa shape index (κ3) is 2.19. The Morgan fingerprint density at radius 2 is 2.17 bits per heavy atom. The topological polar surface area (TPSA) is 72.2 Å². The molecule has 0 fully saturated rings. The maximum absolute atomic E-state index is 11.0. The van der Waals surface area contributed by atoms with E-state index in [0.29, 0.717) is 0 Å². The molecule has 0 amide bonds. The van der Waals surface area contributed by atoms with Crippen molar-refractivity contribution in [2.45, 2.75) is 12.8 Å². The normalized spacial score (nSPS) is 9.67. The molecule has 0 saturated heterocycles. The SMILES string of the molecule is O=C(O)CCC(=O)n1cccn1. The van der Waals surface area contributed by atoms with Crippen molar-refractivity contribution in [3.63, 3.8) is 0 Å². The molecule has 0 atom stereocenters. The van der Waals surface area contributed by atoms with E-state index in [1.165, 1.54) is 12.4 Å². The third-order valence-corrected chi connectivity index (χ3v) is 1.31. The summed E-state index contributed by atoms with van der Waals surface area (Å²) in [7, 11) is 0. The van der Waals surface area contributed by atoms with E-state index in [1.54, 1.807) is 6.07 Å². The molecule has 1 aromatic rings. The largest absolute Gasteiger partial charge is 0.481 e. The van der Waals surface area contributed by atoms with E-state index in [4.69, 9.17) is 5.11 Å². The summed E-state index contributed by atoms with van der Waals surface area (Å²) in [5.41, 5.74) is 0. The number of rotatable bonds is 3. The van der Waals surface area contributed by atoms with Gasteiger partial charge >= 0.3 is 5.97 Å². The van der Waals surface area contributed by atoms with Gasteiger partial charge in [0.1, 0.15) is 0 Å². The lowest BCUT2D eigenvalue weighted by Crippen LogP contribution is -2.12. The fourth-order valence-corrected chi connectivity index (χ4v) is 0.745. The van der Waals surface area contributed by atoms with Crippen LogP contribution in [0.2, 0.25) is 0 Å². The second-order valence-corrected chi connectivity index (χ2v) is 2.24. The molecule has 0 spiro atoms. The molecule has 64 valence electrons. The summed E-state index contributed by atoms with van der Waals surface area (Å²) in [6.45, 7) is 0. The molecular weight excluding hydrogens is 160 g/mol. The highest BCUT2D eigenvalue weighted by molar-refractivity contribution is 5.81. The second-order valence-electron chi connectivity index (χ2n) is 2.24. The van der Waals surface area contributed by atoms with Crippen molar-refractivity contribution in [2.75, 3.05) is 0 Å². The Balaban J connectivity index is 2.45. The van der Waals surface area contributed by atoms with Crippen molar-refractivity contribution >= 4 is 11.9 Å². The zero-order chi connectivity index (χ0) is 8.97. The van der Waals surface area contributed by atoms with E-state index in [-0.39, 0.29) is 18.7 Å². The van der Waals surface area contributed by atoms with Gasteiger partial charge in [0.25, 0.3) is 0 Å². The first-order chi connectivity index (χ1) is 5.70. The van der Waals surface area contributed by atoms with E-state index in [9.17, 15) is 9.59 Å². The molecule has 0 saturated carbocycles. The molecule has 1 heterocycles. The van der Waals surface area contributed by atoms with Crippen LogP contribution in [-0.2, 0) is 4.79 Å². The second kappa shape index (κ2) is 3.66. The minimum Gasteiger partial charge on any atom is -0.481 e. The molecule has 12 heavy (non-hydrogen) atoms. The Labute approximate surface area is 68.6 Å². The summed E-state index contributed by atoms with van der Waals surface area (Å²) < 4.78 is 1.13. The van der Waals surface area contributed by atoms with Crippen LogP contribution in [0.4, 0.5) is 0 Å². The summed E-state index contributed by atoms with van der Waals surface area (Å²) in [4.78, 5) is 21.1. The van der Waals surface area contributed by atoms with Gasteiger partial charge in [-0.15, -0.1) is 0 Å². The molecule has 0 aliphatic rings.